The molecule has 0 fully saturated rings. The maximum absolute atomic E-state index is 6.53. The van der Waals surface area contributed by atoms with Crippen molar-refractivity contribution in [2.45, 2.75) is 91.9 Å². The molecule has 0 saturated carbocycles. The van der Waals surface area contributed by atoms with Crippen molar-refractivity contribution in [2.75, 3.05) is 13.2 Å². The van der Waals surface area contributed by atoms with E-state index in [-0.39, 0.29) is 25.0 Å². The molecular formula is C40H52O6P2. The molecule has 0 N–H and O–H groups in total. The Morgan fingerprint density at radius 1 is 0.417 bits per heavy atom. The van der Waals surface area contributed by atoms with Crippen LogP contribution in [0.15, 0.2) is 97.1 Å². The van der Waals surface area contributed by atoms with Crippen molar-refractivity contribution < 1.29 is 27.1 Å². The van der Waals surface area contributed by atoms with Crippen LogP contribution in [0.1, 0.15) is 114 Å². The molecule has 4 aromatic rings. The monoisotopic (exact) mass is 690 g/mol. The van der Waals surface area contributed by atoms with Crippen LogP contribution in [-0.4, -0.2) is 13.2 Å². The number of hydrogen-bond acceptors (Lipinski definition) is 6. The van der Waals surface area contributed by atoms with E-state index in [0.717, 1.165) is 58.1 Å². The van der Waals surface area contributed by atoms with Crippen LogP contribution in [-0.2, 0) is 9.05 Å². The van der Waals surface area contributed by atoms with E-state index in [1.54, 1.807) is 0 Å². The van der Waals surface area contributed by atoms with Gasteiger partial charge in [0.15, 0.2) is 0 Å². The van der Waals surface area contributed by atoms with Gasteiger partial charge in [-0.15, -0.1) is 0 Å². The number of para-hydroxylation sites is 4. The van der Waals surface area contributed by atoms with Gasteiger partial charge in [0.05, 0.1) is 13.2 Å². The predicted octanol–water partition coefficient (Wildman–Crippen LogP) is 13.1. The van der Waals surface area contributed by atoms with Crippen LogP contribution in [0.3, 0.4) is 0 Å². The van der Waals surface area contributed by atoms with E-state index in [1.165, 1.54) is 0 Å². The topological polar surface area (TPSA) is 55.4 Å². The van der Waals surface area contributed by atoms with Crippen LogP contribution in [0.5, 0.6) is 23.0 Å². The molecule has 48 heavy (non-hydrogen) atoms. The fraction of sp³-hybridized carbons (Fsp3) is 0.400. The Labute approximate surface area is 291 Å². The highest BCUT2D eigenvalue weighted by Crippen LogP contribution is 2.48. The van der Waals surface area contributed by atoms with Crippen molar-refractivity contribution in [2.24, 2.45) is 0 Å². The molecule has 2 atom stereocenters. The molecular weight excluding hydrogens is 638 g/mol. The third-order valence-electron chi connectivity index (χ3n) is 8.37. The summed E-state index contributed by atoms with van der Waals surface area (Å²) in [6.45, 7) is 17.8. The summed E-state index contributed by atoms with van der Waals surface area (Å²) in [6.07, 6.45) is 1.99. The highest BCUT2D eigenvalue weighted by atomic mass is 31.2. The minimum atomic E-state index is -1.81. The van der Waals surface area contributed by atoms with Gasteiger partial charge < -0.3 is 18.1 Å². The third-order valence-corrected chi connectivity index (χ3v) is 10.5. The average Bonchev–Trinajstić information content (AvgIpc) is 3.10. The van der Waals surface area contributed by atoms with Gasteiger partial charge in [-0.1, -0.05) is 128 Å². The van der Waals surface area contributed by atoms with Gasteiger partial charge in [0.25, 0.3) is 0 Å². The summed E-state index contributed by atoms with van der Waals surface area (Å²) in [5, 5.41) is 0. The third kappa shape index (κ3) is 10.7. The molecule has 0 spiro atoms. The Bertz CT molecular complexity index is 1430. The fourth-order valence-corrected chi connectivity index (χ4v) is 7.19. The lowest BCUT2D eigenvalue weighted by molar-refractivity contribution is 0.185. The number of rotatable bonds is 19. The van der Waals surface area contributed by atoms with Crippen LogP contribution in [0.2, 0.25) is 0 Å². The summed E-state index contributed by atoms with van der Waals surface area (Å²) in [6, 6.07) is 32.3. The Balaban J connectivity index is 1.54. The zero-order valence-corrected chi connectivity index (χ0v) is 31.5. The van der Waals surface area contributed by atoms with Gasteiger partial charge in [0.1, 0.15) is 23.0 Å². The number of hydrogen-bond donors (Lipinski definition) is 0. The second-order valence-electron chi connectivity index (χ2n) is 12.6. The normalized spacial score (nSPS) is 13.4. The van der Waals surface area contributed by atoms with Gasteiger partial charge in [-0.2, -0.15) is 0 Å². The Hall–Kier alpha value is -3.14. The first-order chi connectivity index (χ1) is 23.2. The van der Waals surface area contributed by atoms with E-state index in [0.29, 0.717) is 11.8 Å². The van der Waals surface area contributed by atoms with Crippen molar-refractivity contribution in [3.05, 3.63) is 119 Å². The molecule has 0 radical (unpaired) electrons. The van der Waals surface area contributed by atoms with Crippen LogP contribution in [0, 0.1) is 0 Å². The van der Waals surface area contributed by atoms with Gasteiger partial charge in [-0.05, 0) is 83.0 Å². The molecule has 0 aliphatic carbocycles. The lowest BCUT2D eigenvalue weighted by Gasteiger charge is -2.24. The second kappa shape index (κ2) is 19.2. The van der Waals surface area contributed by atoms with Gasteiger partial charge in [-0.3, -0.25) is 9.05 Å². The van der Waals surface area contributed by atoms with Crippen molar-refractivity contribution in [3.63, 3.8) is 0 Å². The Morgan fingerprint density at radius 2 is 0.688 bits per heavy atom. The van der Waals surface area contributed by atoms with E-state index in [4.69, 9.17) is 27.1 Å². The van der Waals surface area contributed by atoms with Crippen LogP contribution in [0.25, 0.3) is 0 Å². The van der Waals surface area contributed by atoms with E-state index in [9.17, 15) is 0 Å². The van der Waals surface area contributed by atoms with Crippen LogP contribution >= 0.6 is 17.2 Å². The zero-order valence-electron chi connectivity index (χ0n) is 29.7. The molecule has 0 bridgehead atoms. The molecule has 0 heterocycles. The van der Waals surface area contributed by atoms with E-state index in [1.807, 2.05) is 72.8 Å². The molecule has 4 rings (SSSR count). The van der Waals surface area contributed by atoms with Crippen LogP contribution in [0.4, 0.5) is 0 Å². The van der Waals surface area contributed by atoms with Gasteiger partial charge >= 0.3 is 17.2 Å². The Kier molecular flexibility index (Phi) is 15.0. The van der Waals surface area contributed by atoms with E-state index >= 15 is 0 Å². The summed E-state index contributed by atoms with van der Waals surface area (Å²) < 4.78 is 38.7. The molecule has 6 nitrogen and oxygen atoms in total. The molecule has 4 aromatic carbocycles. The fourth-order valence-electron chi connectivity index (χ4n) is 5.15. The minimum Gasteiger partial charge on any atom is -0.417 e. The van der Waals surface area contributed by atoms with Crippen molar-refractivity contribution in [1.29, 1.82) is 0 Å². The second-order valence-corrected chi connectivity index (χ2v) is 14.7. The molecule has 0 aromatic heterocycles. The molecule has 8 heteroatoms. The van der Waals surface area contributed by atoms with Crippen molar-refractivity contribution in [3.8, 4) is 23.0 Å². The van der Waals surface area contributed by atoms with E-state index in [2.05, 4.69) is 79.7 Å². The van der Waals surface area contributed by atoms with Crippen molar-refractivity contribution >= 4 is 17.2 Å². The lowest BCUT2D eigenvalue weighted by atomic mass is 9.98. The largest absolute Gasteiger partial charge is 0.463 e. The maximum Gasteiger partial charge on any atom is 0.463 e. The molecule has 2 unspecified atom stereocenters. The molecule has 0 amide bonds. The number of benzene rings is 4. The lowest BCUT2D eigenvalue weighted by Crippen LogP contribution is -2.10. The summed E-state index contributed by atoms with van der Waals surface area (Å²) in [5.41, 5.74) is 4.44. The first kappa shape index (κ1) is 37.7. The standard InChI is InChI=1S/C40H52O6P2/c1-9-31(7)35-21-13-17-25-39(35)45-48(46-40-26-18-14-22-36(40)32(8)10-2)42-28-27-41-47(43-37-23-15-11-19-33(37)29(3)4)44-38-24-16-12-20-34(38)30(5)6/h11-26,29-32H,9-10,27-28H2,1-8H3. The van der Waals surface area contributed by atoms with Crippen molar-refractivity contribution in [1.82, 2.24) is 0 Å². The smallest absolute Gasteiger partial charge is 0.417 e. The first-order valence-electron chi connectivity index (χ1n) is 17.1. The minimum absolute atomic E-state index is 0.213. The van der Waals surface area contributed by atoms with Gasteiger partial charge in [0.2, 0.25) is 0 Å². The highest BCUT2D eigenvalue weighted by Gasteiger charge is 2.25. The van der Waals surface area contributed by atoms with Crippen LogP contribution < -0.4 is 18.1 Å². The quantitative estimate of drug-likeness (QED) is 0.0721. The molecule has 258 valence electrons. The molecule has 0 aliphatic heterocycles. The Morgan fingerprint density at radius 3 is 0.979 bits per heavy atom. The zero-order chi connectivity index (χ0) is 34.5. The van der Waals surface area contributed by atoms with Gasteiger partial charge in [-0.25, -0.2) is 0 Å². The molecule has 0 saturated heterocycles. The summed E-state index contributed by atoms with van der Waals surface area (Å²) in [4.78, 5) is 0. The molecule has 0 aliphatic rings. The summed E-state index contributed by atoms with van der Waals surface area (Å²) in [7, 11) is -3.62. The van der Waals surface area contributed by atoms with E-state index < -0.39 is 17.2 Å². The highest BCUT2D eigenvalue weighted by molar-refractivity contribution is 7.43. The maximum atomic E-state index is 6.53. The first-order valence-corrected chi connectivity index (χ1v) is 19.3. The average molecular weight is 691 g/mol. The SMILES string of the molecule is CCC(C)c1ccccc1OP(OCCOP(Oc1ccccc1C(C)C)Oc1ccccc1C(C)C)Oc1ccccc1C(C)CC. The predicted molar refractivity (Wildman–Crippen MR) is 200 cm³/mol. The van der Waals surface area contributed by atoms with Gasteiger partial charge in [0, 0.05) is 0 Å². The summed E-state index contributed by atoms with van der Waals surface area (Å²) >= 11 is 0. The summed E-state index contributed by atoms with van der Waals surface area (Å²) in [5.74, 6) is 4.24.